The first kappa shape index (κ1) is 19.4. The van der Waals surface area contributed by atoms with Gasteiger partial charge in [-0.1, -0.05) is 39.3 Å². The van der Waals surface area contributed by atoms with E-state index in [1.165, 1.54) is 12.1 Å². The molecule has 128 valence electrons. The molecular weight excluding hydrogens is 323 g/mol. The third-order valence-corrected chi connectivity index (χ3v) is 3.81. The zero-order valence-electron chi connectivity index (χ0n) is 13.6. The number of hydrogen-bond acceptors (Lipinski definition) is 3. The molecule has 3 N–H and O–H groups in total. The number of carbonyl (C=O) groups excluding carboxylic acids is 2. The highest BCUT2D eigenvalue weighted by molar-refractivity contribution is 6.39. The van der Waals surface area contributed by atoms with Gasteiger partial charge in [-0.2, -0.15) is 0 Å². The van der Waals surface area contributed by atoms with Gasteiger partial charge < -0.3 is 15.7 Å². The van der Waals surface area contributed by atoms with E-state index in [0.717, 1.165) is 6.07 Å². The molecule has 7 heteroatoms. The van der Waals surface area contributed by atoms with E-state index in [1.807, 2.05) is 13.8 Å². The monoisotopic (exact) mass is 344 g/mol. The first-order chi connectivity index (χ1) is 10.5. The van der Waals surface area contributed by atoms with Crippen molar-refractivity contribution < 1.29 is 19.1 Å². The zero-order valence-corrected chi connectivity index (χ0v) is 14.4. The number of aliphatic hydroxyl groups is 1. The van der Waals surface area contributed by atoms with Gasteiger partial charge in [-0.25, -0.2) is 4.39 Å². The van der Waals surface area contributed by atoms with Crippen molar-refractivity contribution in [1.29, 1.82) is 0 Å². The normalized spacial score (nSPS) is 12.9. The van der Waals surface area contributed by atoms with Crippen LogP contribution >= 0.6 is 11.6 Å². The standard InChI is InChI=1S/C16H22ClFN2O3/c1-9(2)13(21)16(3,4)8-19-14(22)15(23)20-10-5-6-12(18)11(17)7-10/h5-7,9,13,21H,8H2,1-4H3,(H,19,22)(H,20,23). The lowest BCUT2D eigenvalue weighted by Crippen LogP contribution is -2.46. The van der Waals surface area contributed by atoms with E-state index in [9.17, 15) is 19.1 Å². The number of rotatable bonds is 5. The minimum Gasteiger partial charge on any atom is -0.392 e. The summed E-state index contributed by atoms with van der Waals surface area (Å²) in [5, 5.41) is 14.8. The molecule has 23 heavy (non-hydrogen) atoms. The molecule has 2 amide bonds. The Labute approximate surface area is 140 Å². The van der Waals surface area contributed by atoms with Gasteiger partial charge in [0.2, 0.25) is 0 Å². The van der Waals surface area contributed by atoms with Gasteiger partial charge >= 0.3 is 11.8 Å². The number of nitrogens with one attached hydrogen (secondary N) is 2. The lowest BCUT2D eigenvalue weighted by molar-refractivity contribution is -0.136. The Morgan fingerprint density at radius 2 is 1.91 bits per heavy atom. The van der Waals surface area contributed by atoms with Crippen LogP contribution in [0.5, 0.6) is 0 Å². The summed E-state index contributed by atoms with van der Waals surface area (Å²) in [7, 11) is 0. The molecule has 1 aromatic carbocycles. The van der Waals surface area contributed by atoms with Crippen LogP contribution in [-0.4, -0.2) is 29.6 Å². The fourth-order valence-electron chi connectivity index (χ4n) is 2.16. The first-order valence-corrected chi connectivity index (χ1v) is 7.64. The maximum Gasteiger partial charge on any atom is 0.313 e. The Morgan fingerprint density at radius 3 is 2.43 bits per heavy atom. The molecule has 5 nitrogen and oxygen atoms in total. The van der Waals surface area contributed by atoms with Crippen LogP contribution in [0.1, 0.15) is 27.7 Å². The third-order valence-electron chi connectivity index (χ3n) is 3.52. The summed E-state index contributed by atoms with van der Waals surface area (Å²) in [5.74, 6) is -2.31. The van der Waals surface area contributed by atoms with Gasteiger partial charge in [0.1, 0.15) is 5.82 Å². The first-order valence-electron chi connectivity index (χ1n) is 7.27. The lowest BCUT2D eigenvalue weighted by atomic mass is 9.81. The van der Waals surface area contributed by atoms with Crippen LogP contribution in [0.2, 0.25) is 5.02 Å². The smallest absolute Gasteiger partial charge is 0.313 e. The summed E-state index contributed by atoms with van der Waals surface area (Å²) < 4.78 is 13.0. The maximum absolute atomic E-state index is 13.0. The van der Waals surface area contributed by atoms with E-state index in [4.69, 9.17) is 11.6 Å². The highest BCUT2D eigenvalue weighted by Gasteiger charge is 2.31. The van der Waals surface area contributed by atoms with Crippen molar-refractivity contribution in [2.75, 3.05) is 11.9 Å². The molecule has 0 fully saturated rings. The molecule has 0 radical (unpaired) electrons. The van der Waals surface area contributed by atoms with Gasteiger partial charge in [0.05, 0.1) is 11.1 Å². The summed E-state index contributed by atoms with van der Waals surface area (Å²) in [6.45, 7) is 7.49. The number of hydrogen-bond donors (Lipinski definition) is 3. The van der Waals surface area contributed by atoms with Gasteiger partial charge in [-0.15, -0.1) is 0 Å². The van der Waals surface area contributed by atoms with Crippen molar-refractivity contribution in [1.82, 2.24) is 5.32 Å². The van der Waals surface area contributed by atoms with E-state index in [0.29, 0.717) is 0 Å². The minimum absolute atomic E-state index is 0.0251. The molecule has 0 saturated carbocycles. The summed E-state index contributed by atoms with van der Waals surface area (Å²) >= 11 is 5.61. The van der Waals surface area contributed by atoms with Crippen LogP contribution < -0.4 is 10.6 Å². The van der Waals surface area contributed by atoms with Crippen molar-refractivity contribution in [3.63, 3.8) is 0 Å². The number of carbonyl (C=O) groups is 2. The Bertz CT molecular complexity index is 591. The summed E-state index contributed by atoms with van der Waals surface area (Å²) in [6.07, 6.45) is -0.623. The van der Waals surface area contributed by atoms with Crippen LogP contribution in [0.15, 0.2) is 18.2 Å². The van der Waals surface area contributed by atoms with Crippen LogP contribution in [0.25, 0.3) is 0 Å². The topological polar surface area (TPSA) is 78.4 Å². The Morgan fingerprint density at radius 1 is 1.30 bits per heavy atom. The van der Waals surface area contributed by atoms with Crippen LogP contribution in [0.4, 0.5) is 10.1 Å². The second kappa shape index (κ2) is 7.75. The van der Waals surface area contributed by atoms with Gasteiger partial charge in [0, 0.05) is 17.6 Å². The van der Waals surface area contributed by atoms with Gasteiger partial charge in [0.15, 0.2) is 0 Å². The molecule has 0 bridgehead atoms. The quantitative estimate of drug-likeness (QED) is 0.718. The molecule has 1 atom stereocenters. The van der Waals surface area contributed by atoms with Crippen molar-refractivity contribution in [3.05, 3.63) is 29.0 Å². The minimum atomic E-state index is -0.887. The summed E-state index contributed by atoms with van der Waals surface area (Å²) in [6, 6.07) is 3.62. The number of aliphatic hydroxyl groups excluding tert-OH is 1. The average molecular weight is 345 g/mol. The fourth-order valence-corrected chi connectivity index (χ4v) is 2.34. The number of amides is 2. The molecule has 0 aliphatic heterocycles. The number of benzene rings is 1. The van der Waals surface area contributed by atoms with Crippen LogP contribution in [0.3, 0.4) is 0 Å². The van der Waals surface area contributed by atoms with E-state index in [-0.39, 0.29) is 23.2 Å². The molecule has 1 unspecified atom stereocenters. The molecule has 1 aromatic rings. The van der Waals surface area contributed by atoms with Crippen LogP contribution in [0, 0.1) is 17.2 Å². The predicted molar refractivity (Wildman–Crippen MR) is 87.7 cm³/mol. The largest absolute Gasteiger partial charge is 0.392 e. The van der Waals surface area contributed by atoms with Crippen molar-refractivity contribution in [2.24, 2.45) is 11.3 Å². The Kier molecular flexibility index (Phi) is 6.53. The lowest BCUT2D eigenvalue weighted by Gasteiger charge is -2.33. The van der Waals surface area contributed by atoms with Crippen molar-refractivity contribution in [3.8, 4) is 0 Å². The second-order valence-corrected chi connectivity index (χ2v) is 6.85. The summed E-state index contributed by atoms with van der Waals surface area (Å²) in [4.78, 5) is 23.6. The average Bonchev–Trinajstić information content (AvgIpc) is 2.47. The molecular formula is C16H22ClFN2O3. The SMILES string of the molecule is CC(C)C(O)C(C)(C)CNC(=O)C(=O)Nc1ccc(F)c(Cl)c1. The van der Waals surface area contributed by atoms with Gasteiger partial charge in [-0.05, 0) is 24.1 Å². The predicted octanol–water partition coefficient (Wildman–Crippen LogP) is 2.58. The van der Waals surface area contributed by atoms with Crippen LogP contribution in [-0.2, 0) is 9.59 Å². The fraction of sp³-hybridized carbons (Fsp3) is 0.500. The molecule has 0 aliphatic carbocycles. The van der Waals surface area contributed by atoms with E-state index < -0.39 is 29.2 Å². The molecule has 0 saturated heterocycles. The Hall–Kier alpha value is -1.66. The van der Waals surface area contributed by atoms with Crippen molar-refractivity contribution >= 4 is 29.1 Å². The molecule has 0 aliphatic rings. The van der Waals surface area contributed by atoms with E-state index in [2.05, 4.69) is 10.6 Å². The molecule has 0 heterocycles. The Balaban J connectivity index is 2.60. The second-order valence-electron chi connectivity index (χ2n) is 6.44. The third kappa shape index (κ3) is 5.48. The molecule has 0 aromatic heterocycles. The highest BCUT2D eigenvalue weighted by Crippen LogP contribution is 2.25. The molecule has 0 spiro atoms. The molecule has 1 rings (SSSR count). The maximum atomic E-state index is 13.0. The number of halogens is 2. The van der Waals surface area contributed by atoms with Gasteiger partial charge in [-0.3, -0.25) is 9.59 Å². The van der Waals surface area contributed by atoms with Crippen molar-refractivity contribution in [2.45, 2.75) is 33.8 Å². The zero-order chi connectivity index (χ0) is 17.8. The van der Waals surface area contributed by atoms with E-state index >= 15 is 0 Å². The highest BCUT2D eigenvalue weighted by atomic mass is 35.5. The number of anilines is 1. The van der Waals surface area contributed by atoms with Gasteiger partial charge in [0.25, 0.3) is 0 Å². The summed E-state index contributed by atoms with van der Waals surface area (Å²) in [5.41, 5.74) is -0.360. The van der Waals surface area contributed by atoms with E-state index in [1.54, 1.807) is 13.8 Å².